The first-order chi connectivity index (χ1) is 12.3. The summed E-state index contributed by atoms with van der Waals surface area (Å²) in [6.07, 6.45) is 7.77. The molecule has 1 aliphatic heterocycles. The fourth-order valence-corrected chi connectivity index (χ4v) is 6.97. The summed E-state index contributed by atoms with van der Waals surface area (Å²) < 4.78 is 5.47. The Morgan fingerprint density at radius 2 is 1.81 bits per heavy atom. The number of rotatable bonds is 4. The van der Waals surface area contributed by atoms with E-state index < -0.39 is 17.4 Å². The van der Waals surface area contributed by atoms with Gasteiger partial charge in [-0.25, -0.2) is 0 Å². The summed E-state index contributed by atoms with van der Waals surface area (Å²) in [5.74, 6) is -0.101. The van der Waals surface area contributed by atoms with Gasteiger partial charge in [0.05, 0.1) is 5.41 Å². The van der Waals surface area contributed by atoms with E-state index in [9.17, 15) is 14.4 Å². The number of halogens is 1. The number of amides is 2. The third-order valence-corrected chi connectivity index (χ3v) is 7.34. The van der Waals surface area contributed by atoms with Crippen LogP contribution in [0.4, 0.5) is 0 Å². The second kappa shape index (κ2) is 6.39. The van der Waals surface area contributed by atoms with E-state index in [1.165, 1.54) is 4.90 Å². The smallest absolute Gasteiger partial charge is 0.312 e. The van der Waals surface area contributed by atoms with Gasteiger partial charge in [0.2, 0.25) is 5.91 Å². The van der Waals surface area contributed by atoms with Gasteiger partial charge in [0.25, 0.3) is 5.91 Å². The first kappa shape index (κ1) is 18.1. The van der Waals surface area contributed by atoms with Gasteiger partial charge >= 0.3 is 5.97 Å². The molecule has 3 atom stereocenters. The summed E-state index contributed by atoms with van der Waals surface area (Å²) in [6, 6.07) is -0.583. The lowest BCUT2D eigenvalue weighted by Crippen LogP contribution is -2.57. The SMILES string of the molecule is NC(=O)[C@@H]1CCCCN1C(=O)COC(=O)C12C[C@@H]3C[C@H](CC(Cl)(C3)C1)C2. The number of nitrogens with zero attached hydrogens (tertiary/aromatic N) is 1. The number of esters is 1. The van der Waals surface area contributed by atoms with Crippen LogP contribution < -0.4 is 5.73 Å². The lowest BCUT2D eigenvalue weighted by Gasteiger charge is -2.58. The van der Waals surface area contributed by atoms with Crippen LogP contribution in [0.25, 0.3) is 0 Å². The molecule has 26 heavy (non-hydrogen) atoms. The zero-order valence-electron chi connectivity index (χ0n) is 15.0. The van der Waals surface area contributed by atoms with Crippen LogP contribution in [0.2, 0.25) is 0 Å². The van der Waals surface area contributed by atoms with Crippen molar-refractivity contribution in [2.75, 3.05) is 13.2 Å². The maximum atomic E-state index is 12.9. The number of carbonyl (C=O) groups is 3. The number of piperidine rings is 1. The molecule has 5 fully saturated rings. The molecular formula is C19H27ClN2O4. The molecule has 0 aromatic heterocycles. The zero-order chi connectivity index (χ0) is 18.5. The molecule has 0 aromatic rings. The van der Waals surface area contributed by atoms with Gasteiger partial charge in [-0.3, -0.25) is 14.4 Å². The fourth-order valence-electron chi connectivity index (χ4n) is 6.28. The van der Waals surface area contributed by atoms with Crippen molar-refractivity contribution >= 4 is 29.4 Å². The van der Waals surface area contributed by atoms with E-state index in [0.717, 1.165) is 44.9 Å². The molecule has 4 aliphatic carbocycles. The molecule has 2 amide bonds. The number of ether oxygens (including phenoxy) is 1. The maximum Gasteiger partial charge on any atom is 0.312 e. The minimum atomic E-state index is -0.583. The molecule has 144 valence electrons. The highest BCUT2D eigenvalue weighted by Crippen LogP contribution is 2.64. The van der Waals surface area contributed by atoms with Gasteiger partial charge in [0, 0.05) is 11.4 Å². The monoisotopic (exact) mass is 382 g/mol. The normalized spacial score (nSPS) is 41.1. The number of primary amides is 1. The van der Waals surface area contributed by atoms with E-state index in [1.807, 2.05) is 0 Å². The van der Waals surface area contributed by atoms with Gasteiger partial charge in [-0.05, 0) is 69.6 Å². The van der Waals surface area contributed by atoms with E-state index in [-0.39, 0.29) is 23.4 Å². The van der Waals surface area contributed by atoms with Crippen LogP contribution in [0.1, 0.15) is 57.8 Å². The first-order valence-corrected chi connectivity index (χ1v) is 10.1. The number of alkyl halides is 1. The Balaban J connectivity index is 1.39. The highest BCUT2D eigenvalue weighted by atomic mass is 35.5. The maximum absolute atomic E-state index is 12.9. The van der Waals surface area contributed by atoms with Gasteiger partial charge in [-0.2, -0.15) is 0 Å². The van der Waals surface area contributed by atoms with Crippen molar-refractivity contribution in [3.05, 3.63) is 0 Å². The van der Waals surface area contributed by atoms with E-state index in [2.05, 4.69) is 0 Å². The molecule has 0 aromatic carbocycles. The Kier molecular flexibility index (Phi) is 4.45. The Bertz CT molecular complexity index is 623. The Hall–Kier alpha value is -1.30. The molecule has 1 saturated heterocycles. The van der Waals surface area contributed by atoms with Crippen LogP contribution in [-0.4, -0.2) is 46.8 Å². The first-order valence-electron chi connectivity index (χ1n) is 9.75. The van der Waals surface area contributed by atoms with Gasteiger partial charge in [-0.1, -0.05) is 0 Å². The predicted octanol–water partition coefficient (Wildman–Crippen LogP) is 1.97. The number of hydrogen-bond donors (Lipinski definition) is 1. The topological polar surface area (TPSA) is 89.7 Å². The standard InChI is InChI=1S/C19H27ClN2O4/c20-19-8-12-5-13(9-19)7-18(6-12,11-19)17(25)26-10-15(23)22-4-2-1-3-14(22)16(21)24/h12-14H,1-11H2,(H2,21,24)/t12-,13-,14-,18?,19?/m0/s1. The van der Waals surface area contributed by atoms with Crippen LogP contribution in [-0.2, 0) is 19.1 Å². The molecule has 4 bridgehead atoms. The molecule has 0 radical (unpaired) electrons. The molecule has 7 heteroatoms. The average Bonchev–Trinajstić information content (AvgIpc) is 2.57. The second-order valence-electron chi connectivity index (χ2n) is 8.97. The summed E-state index contributed by atoms with van der Waals surface area (Å²) in [5.41, 5.74) is 4.90. The summed E-state index contributed by atoms with van der Waals surface area (Å²) in [4.78, 5) is 38.2. The van der Waals surface area contributed by atoms with Crippen molar-refractivity contribution in [3.63, 3.8) is 0 Å². The molecule has 1 heterocycles. The molecule has 0 spiro atoms. The molecule has 5 aliphatic rings. The third-order valence-electron chi connectivity index (χ3n) is 6.90. The molecule has 2 N–H and O–H groups in total. The second-order valence-corrected chi connectivity index (χ2v) is 9.77. The van der Waals surface area contributed by atoms with Crippen molar-refractivity contribution in [1.82, 2.24) is 4.90 Å². The van der Waals surface area contributed by atoms with Crippen molar-refractivity contribution < 1.29 is 19.1 Å². The molecule has 0 unspecified atom stereocenters. The van der Waals surface area contributed by atoms with Crippen molar-refractivity contribution in [1.29, 1.82) is 0 Å². The lowest BCUT2D eigenvalue weighted by atomic mass is 9.49. The summed E-state index contributed by atoms with van der Waals surface area (Å²) in [5, 5.41) is 0. The fraction of sp³-hybridized carbons (Fsp3) is 0.842. The van der Waals surface area contributed by atoms with E-state index in [0.29, 0.717) is 31.2 Å². The minimum Gasteiger partial charge on any atom is -0.455 e. The van der Waals surface area contributed by atoms with Crippen molar-refractivity contribution in [2.45, 2.75) is 68.7 Å². The molecule has 6 nitrogen and oxygen atoms in total. The summed E-state index contributed by atoms with van der Waals surface area (Å²) >= 11 is 6.77. The largest absolute Gasteiger partial charge is 0.455 e. The minimum absolute atomic E-state index is 0.267. The van der Waals surface area contributed by atoms with E-state index >= 15 is 0 Å². The number of hydrogen-bond acceptors (Lipinski definition) is 4. The highest BCUT2D eigenvalue weighted by Gasteiger charge is 2.60. The van der Waals surface area contributed by atoms with Crippen LogP contribution in [0.3, 0.4) is 0 Å². The number of carbonyl (C=O) groups excluding carboxylic acids is 3. The number of likely N-dealkylation sites (tertiary alicyclic amines) is 1. The Labute approximate surface area is 158 Å². The van der Waals surface area contributed by atoms with Crippen LogP contribution >= 0.6 is 11.6 Å². The van der Waals surface area contributed by atoms with Gasteiger partial charge in [-0.15, -0.1) is 11.6 Å². The average molecular weight is 383 g/mol. The van der Waals surface area contributed by atoms with Crippen LogP contribution in [0.15, 0.2) is 0 Å². The molecule has 4 saturated carbocycles. The van der Waals surface area contributed by atoms with Crippen molar-refractivity contribution in [3.8, 4) is 0 Å². The summed E-state index contributed by atoms with van der Waals surface area (Å²) in [7, 11) is 0. The predicted molar refractivity (Wildman–Crippen MR) is 95.2 cm³/mol. The van der Waals surface area contributed by atoms with Gasteiger partial charge < -0.3 is 15.4 Å². The summed E-state index contributed by atoms with van der Waals surface area (Å²) in [6.45, 7) is 0.180. The Morgan fingerprint density at radius 1 is 1.12 bits per heavy atom. The van der Waals surface area contributed by atoms with Gasteiger partial charge in [0.1, 0.15) is 6.04 Å². The van der Waals surface area contributed by atoms with E-state index in [1.54, 1.807) is 0 Å². The van der Waals surface area contributed by atoms with E-state index in [4.69, 9.17) is 22.1 Å². The van der Waals surface area contributed by atoms with Crippen molar-refractivity contribution in [2.24, 2.45) is 23.0 Å². The molecule has 5 rings (SSSR count). The third kappa shape index (κ3) is 3.10. The van der Waals surface area contributed by atoms with Gasteiger partial charge in [0.15, 0.2) is 6.61 Å². The molecular weight excluding hydrogens is 356 g/mol. The highest BCUT2D eigenvalue weighted by molar-refractivity contribution is 6.24. The number of nitrogens with two attached hydrogens (primary N) is 1. The lowest BCUT2D eigenvalue weighted by molar-refractivity contribution is -0.173. The quantitative estimate of drug-likeness (QED) is 0.594. The zero-order valence-corrected chi connectivity index (χ0v) is 15.8. The Morgan fingerprint density at radius 3 is 2.42 bits per heavy atom. The van der Waals surface area contributed by atoms with Crippen LogP contribution in [0.5, 0.6) is 0 Å². The van der Waals surface area contributed by atoms with Crippen LogP contribution in [0, 0.1) is 17.3 Å².